The van der Waals surface area contributed by atoms with Crippen LogP contribution in [-0.4, -0.2) is 10.1 Å². The Balaban J connectivity index is 2.35. The molecule has 0 saturated carbocycles. The molecule has 3 nitrogen and oxygen atoms in total. The number of aromatic nitrogens is 1. The van der Waals surface area contributed by atoms with E-state index in [9.17, 15) is 5.11 Å². The number of rotatable bonds is 2. The highest BCUT2D eigenvalue weighted by atomic mass is 127. The minimum Gasteiger partial charge on any atom is -0.504 e. The number of phenols is 1. The van der Waals surface area contributed by atoms with Gasteiger partial charge in [-0.15, -0.1) is 0 Å². The first-order chi connectivity index (χ1) is 7.66. The number of hydrogen-bond acceptors (Lipinski definition) is 3. The Bertz CT molecular complexity index is 482. The van der Waals surface area contributed by atoms with Gasteiger partial charge in [-0.05, 0) is 40.8 Å². The van der Waals surface area contributed by atoms with Crippen LogP contribution in [0.2, 0.25) is 5.02 Å². The molecule has 0 spiro atoms. The van der Waals surface area contributed by atoms with Crippen molar-refractivity contribution in [2.45, 2.75) is 0 Å². The van der Waals surface area contributed by atoms with Crippen molar-refractivity contribution in [3.63, 3.8) is 0 Å². The maximum absolute atomic E-state index is 9.69. The summed E-state index contributed by atoms with van der Waals surface area (Å²) in [4.78, 5) is 3.98. The number of halogens is 2. The van der Waals surface area contributed by atoms with Gasteiger partial charge in [0.2, 0.25) is 5.88 Å². The fourth-order valence-corrected chi connectivity index (χ4v) is 2.20. The van der Waals surface area contributed by atoms with Crippen molar-refractivity contribution in [1.29, 1.82) is 0 Å². The fourth-order valence-electron chi connectivity index (χ4n) is 1.16. The number of aromatic hydroxyl groups is 1. The topological polar surface area (TPSA) is 42.4 Å². The van der Waals surface area contributed by atoms with Crippen molar-refractivity contribution in [2.75, 3.05) is 0 Å². The Morgan fingerprint density at radius 3 is 2.75 bits per heavy atom. The molecular formula is C11H7ClINO2. The minimum absolute atomic E-state index is 0.00236. The number of hydrogen-bond donors (Lipinski definition) is 1. The van der Waals surface area contributed by atoms with E-state index in [2.05, 4.69) is 27.6 Å². The quantitative estimate of drug-likeness (QED) is 0.839. The van der Waals surface area contributed by atoms with Gasteiger partial charge in [0, 0.05) is 15.8 Å². The fraction of sp³-hybridized carbons (Fsp3) is 0. The van der Waals surface area contributed by atoms with Gasteiger partial charge < -0.3 is 9.84 Å². The molecule has 0 saturated heterocycles. The van der Waals surface area contributed by atoms with Crippen LogP contribution in [0.3, 0.4) is 0 Å². The zero-order valence-corrected chi connectivity index (χ0v) is 10.9. The Morgan fingerprint density at radius 2 is 2.12 bits per heavy atom. The normalized spacial score (nSPS) is 10.1. The standard InChI is InChI=1S/C11H7ClINO2/c12-8-5-7(13)6-9(15)11(8)16-10-3-1-2-4-14-10/h1-6,15H. The lowest BCUT2D eigenvalue weighted by atomic mass is 10.3. The van der Waals surface area contributed by atoms with Crippen molar-refractivity contribution >= 4 is 34.2 Å². The third-order valence-electron chi connectivity index (χ3n) is 1.83. The lowest BCUT2D eigenvalue weighted by molar-refractivity contribution is 0.402. The summed E-state index contributed by atoms with van der Waals surface area (Å²) in [7, 11) is 0. The second kappa shape index (κ2) is 4.88. The van der Waals surface area contributed by atoms with Gasteiger partial charge in [0.1, 0.15) is 0 Å². The number of phenolic OH excluding ortho intramolecular Hbond substituents is 1. The number of benzene rings is 1. The van der Waals surface area contributed by atoms with Crippen LogP contribution in [0.25, 0.3) is 0 Å². The van der Waals surface area contributed by atoms with Gasteiger partial charge in [0.05, 0.1) is 5.02 Å². The molecule has 1 N–H and O–H groups in total. The Labute approximate surface area is 111 Å². The molecule has 0 atom stereocenters. The average molecular weight is 348 g/mol. The van der Waals surface area contributed by atoms with Gasteiger partial charge in [0.15, 0.2) is 11.5 Å². The largest absolute Gasteiger partial charge is 0.504 e. The molecule has 16 heavy (non-hydrogen) atoms. The van der Waals surface area contributed by atoms with Crippen LogP contribution in [0.1, 0.15) is 0 Å². The lowest BCUT2D eigenvalue weighted by Crippen LogP contribution is -1.89. The van der Waals surface area contributed by atoms with E-state index in [1.807, 2.05) is 0 Å². The minimum atomic E-state index is 0.00236. The molecule has 1 aromatic heterocycles. The Morgan fingerprint density at radius 1 is 1.31 bits per heavy atom. The van der Waals surface area contributed by atoms with Crippen molar-refractivity contribution in [2.24, 2.45) is 0 Å². The summed E-state index contributed by atoms with van der Waals surface area (Å²) in [6.45, 7) is 0. The molecule has 1 aromatic carbocycles. The molecule has 0 radical (unpaired) electrons. The Hall–Kier alpha value is -1.01. The van der Waals surface area contributed by atoms with E-state index in [0.29, 0.717) is 10.9 Å². The summed E-state index contributed by atoms with van der Waals surface area (Å²) in [5.41, 5.74) is 0. The molecule has 0 amide bonds. The van der Waals surface area contributed by atoms with Crippen LogP contribution in [0.15, 0.2) is 36.5 Å². The summed E-state index contributed by atoms with van der Waals surface area (Å²) in [6, 6.07) is 8.54. The molecule has 2 rings (SSSR count). The Kier molecular flexibility index (Phi) is 3.50. The summed E-state index contributed by atoms with van der Waals surface area (Å²) >= 11 is 8.03. The third-order valence-corrected chi connectivity index (χ3v) is 2.74. The molecule has 0 aliphatic heterocycles. The van der Waals surface area contributed by atoms with Crippen molar-refractivity contribution in [1.82, 2.24) is 4.98 Å². The van der Waals surface area contributed by atoms with Gasteiger partial charge in [-0.1, -0.05) is 17.7 Å². The first-order valence-corrected chi connectivity index (χ1v) is 5.89. The molecule has 0 fully saturated rings. The molecule has 82 valence electrons. The predicted octanol–water partition coefficient (Wildman–Crippen LogP) is 3.84. The highest BCUT2D eigenvalue weighted by Gasteiger charge is 2.10. The van der Waals surface area contributed by atoms with Crippen molar-refractivity contribution < 1.29 is 9.84 Å². The van der Waals surface area contributed by atoms with Crippen molar-refractivity contribution in [3.8, 4) is 17.4 Å². The molecule has 2 aromatic rings. The smallest absolute Gasteiger partial charge is 0.219 e. The van der Waals surface area contributed by atoms with Gasteiger partial charge in [-0.2, -0.15) is 0 Å². The van der Waals surface area contributed by atoms with E-state index in [0.717, 1.165) is 3.57 Å². The molecule has 1 heterocycles. The van der Waals surface area contributed by atoms with Gasteiger partial charge in [0.25, 0.3) is 0 Å². The second-order valence-corrected chi connectivity index (χ2v) is 4.66. The maximum atomic E-state index is 9.69. The third kappa shape index (κ3) is 2.56. The number of pyridine rings is 1. The van der Waals surface area contributed by atoms with Crippen LogP contribution in [0.4, 0.5) is 0 Å². The average Bonchev–Trinajstić information content (AvgIpc) is 2.25. The summed E-state index contributed by atoms with van der Waals surface area (Å²) in [6.07, 6.45) is 1.60. The van der Waals surface area contributed by atoms with Gasteiger partial charge in [-0.3, -0.25) is 0 Å². The van der Waals surface area contributed by atoms with E-state index >= 15 is 0 Å². The lowest BCUT2D eigenvalue weighted by Gasteiger charge is -2.08. The van der Waals surface area contributed by atoms with E-state index < -0.39 is 0 Å². The van der Waals surface area contributed by atoms with E-state index in [1.165, 1.54) is 0 Å². The highest BCUT2D eigenvalue weighted by Crippen LogP contribution is 2.38. The SMILES string of the molecule is Oc1cc(I)cc(Cl)c1Oc1ccccn1. The monoisotopic (exact) mass is 347 g/mol. The molecule has 0 aliphatic rings. The molecule has 0 bridgehead atoms. The van der Waals surface area contributed by atoms with E-state index in [1.54, 1.807) is 36.5 Å². The molecule has 0 aliphatic carbocycles. The van der Waals surface area contributed by atoms with Gasteiger partial charge in [-0.25, -0.2) is 4.98 Å². The van der Waals surface area contributed by atoms with Crippen molar-refractivity contribution in [3.05, 3.63) is 45.1 Å². The second-order valence-electron chi connectivity index (χ2n) is 3.01. The zero-order chi connectivity index (χ0) is 11.5. The summed E-state index contributed by atoms with van der Waals surface area (Å²) in [5, 5.41) is 10.0. The van der Waals surface area contributed by atoms with Gasteiger partial charge >= 0.3 is 0 Å². The maximum Gasteiger partial charge on any atom is 0.219 e. The van der Waals surface area contributed by atoms with Crippen LogP contribution < -0.4 is 4.74 Å². The van der Waals surface area contributed by atoms with Crippen LogP contribution in [0, 0.1) is 3.57 Å². The van der Waals surface area contributed by atoms with Crippen LogP contribution in [0.5, 0.6) is 17.4 Å². The molecule has 5 heteroatoms. The van der Waals surface area contributed by atoms with Crippen LogP contribution in [-0.2, 0) is 0 Å². The molecular weight excluding hydrogens is 340 g/mol. The summed E-state index contributed by atoms with van der Waals surface area (Å²) in [5.74, 6) is 0.615. The predicted molar refractivity (Wildman–Crippen MR) is 70.1 cm³/mol. The number of nitrogens with zero attached hydrogens (tertiary/aromatic N) is 1. The highest BCUT2D eigenvalue weighted by molar-refractivity contribution is 14.1. The van der Waals surface area contributed by atoms with Crippen LogP contribution >= 0.6 is 34.2 Å². The van der Waals surface area contributed by atoms with E-state index in [-0.39, 0.29) is 11.5 Å². The zero-order valence-electron chi connectivity index (χ0n) is 8.02. The first-order valence-electron chi connectivity index (χ1n) is 4.44. The summed E-state index contributed by atoms with van der Waals surface area (Å²) < 4.78 is 6.24. The van der Waals surface area contributed by atoms with E-state index in [4.69, 9.17) is 16.3 Å². The first kappa shape index (κ1) is 11.5. The number of ether oxygens (including phenoxy) is 1. The molecule has 0 unspecified atom stereocenters.